The summed E-state index contributed by atoms with van der Waals surface area (Å²) in [5, 5.41) is 0. The molecule has 14 heavy (non-hydrogen) atoms. The van der Waals surface area contributed by atoms with Crippen molar-refractivity contribution >= 4 is 15.9 Å². The highest BCUT2D eigenvalue weighted by Gasteiger charge is 2.10. The van der Waals surface area contributed by atoms with Crippen molar-refractivity contribution in [2.24, 2.45) is 0 Å². The Morgan fingerprint density at radius 3 is 2.21 bits per heavy atom. The molecule has 0 bridgehead atoms. The Labute approximate surface area is 94.6 Å². The minimum atomic E-state index is 0.225. The maximum absolute atomic E-state index is 5.81. The zero-order valence-electron chi connectivity index (χ0n) is 8.96. The monoisotopic (exact) mass is 256 g/mol. The van der Waals surface area contributed by atoms with Crippen LogP contribution in [0.4, 0.5) is 0 Å². The first-order valence-corrected chi connectivity index (χ1v) is 5.83. The molecule has 0 unspecified atom stereocenters. The van der Waals surface area contributed by atoms with E-state index in [4.69, 9.17) is 4.74 Å². The molecule has 0 radical (unpaired) electrons. The van der Waals surface area contributed by atoms with E-state index in [1.165, 1.54) is 5.56 Å². The molecule has 0 spiro atoms. The molecular weight excluding hydrogens is 240 g/mol. The van der Waals surface area contributed by atoms with Gasteiger partial charge in [-0.2, -0.15) is 0 Å². The van der Waals surface area contributed by atoms with Gasteiger partial charge in [0.2, 0.25) is 0 Å². The third-order valence-corrected chi connectivity index (χ3v) is 2.58. The lowest BCUT2D eigenvalue weighted by Gasteiger charge is -2.19. The maximum atomic E-state index is 5.81. The first-order chi connectivity index (χ1) is 6.63. The van der Waals surface area contributed by atoms with Crippen LogP contribution in [-0.2, 0) is 4.74 Å². The zero-order chi connectivity index (χ0) is 10.6. The average molecular weight is 257 g/mol. The van der Waals surface area contributed by atoms with Crippen LogP contribution in [0.1, 0.15) is 38.9 Å². The van der Waals surface area contributed by atoms with Gasteiger partial charge in [-0.15, -0.1) is 0 Å². The summed E-state index contributed by atoms with van der Waals surface area (Å²) in [6, 6.07) is 8.34. The summed E-state index contributed by atoms with van der Waals surface area (Å²) in [5.41, 5.74) is 1.25. The number of ether oxygens (including phenoxy) is 1. The van der Waals surface area contributed by atoms with Gasteiger partial charge in [-0.25, -0.2) is 0 Å². The van der Waals surface area contributed by atoms with Crippen LogP contribution in [0.25, 0.3) is 0 Å². The number of hydrogen-bond donors (Lipinski definition) is 0. The van der Waals surface area contributed by atoms with Crippen molar-refractivity contribution in [3.8, 4) is 0 Å². The van der Waals surface area contributed by atoms with E-state index in [-0.39, 0.29) is 12.2 Å². The molecule has 1 aromatic carbocycles. The summed E-state index contributed by atoms with van der Waals surface area (Å²) in [7, 11) is 0. The summed E-state index contributed by atoms with van der Waals surface area (Å²) >= 11 is 3.43. The highest BCUT2D eigenvalue weighted by Crippen LogP contribution is 2.23. The van der Waals surface area contributed by atoms with E-state index in [1.807, 2.05) is 0 Å². The predicted molar refractivity (Wildman–Crippen MR) is 63.4 cm³/mol. The molecule has 0 saturated heterocycles. The van der Waals surface area contributed by atoms with Gasteiger partial charge < -0.3 is 4.74 Å². The molecule has 0 aliphatic heterocycles. The van der Waals surface area contributed by atoms with Gasteiger partial charge in [0.15, 0.2) is 0 Å². The van der Waals surface area contributed by atoms with E-state index in [1.54, 1.807) is 0 Å². The summed E-state index contributed by atoms with van der Waals surface area (Å²) < 4.78 is 6.92. The maximum Gasteiger partial charge on any atom is 0.0825 e. The average Bonchev–Trinajstić information content (AvgIpc) is 2.15. The number of halogens is 1. The van der Waals surface area contributed by atoms with E-state index < -0.39 is 0 Å². The van der Waals surface area contributed by atoms with Crippen LogP contribution >= 0.6 is 15.9 Å². The fourth-order valence-corrected chi connectivity index (χ4v) is 1.68. The van der Waals surface area contributed by atoms with Crippen LogP contribution in [-0.4, -0.2) is 6.10 Å². The van der Waals surface area contributed by atoms with E-state index in [9.17, 15) is 0 Å². The lowest BCUT2D eigenvalue weighted by molar-refractivity contribution is 0.00448. The molecule has 0 aliphatic rings. The normalized spacial score (nSPS) is 13.2. The molecule has 1 aromatic rings. The molecule has 2 heteroatoms. The van der Waals surface area contributed by atoms with Crippen molar-refractivity contribution in [2.45, 2.75) is 39.4 Å². The Kier molecular flexibility index (Phi) is 4.63. The van der Waals surface area contributed by atoms with Gasteiger partial charge in [-0.1, -0.05) is 35.0 Å². The number of hydrogen-bond acceptors (Lipinski definition) is 1. The molecule has 0 N–H and O–H groups in total. The van der Waals surface area contributed by atoms with Crippen molar-refractivity contribution in [3.05, 3.63) is 34.3 Å². The van der Waals surface area contributed by atoms with Crippen LogP contribution in [0, 0.1) is 0 Å². The zero-order valence-corrected chi connectivity index (χ0v) is 10.5. The molecule has 1 nitrogen and oxygen atoms in total. The standard InChI is InChI=1S/C12H17BrO/c1-4-12(14-9(2)3)10-5-7-11(13)8-6-10/h5-9,12H,4H2,1-3H3/t12-/m1/s1. The fourth-order valence-electron chi connectivity index (χ4n) is 1.42. The van der Waals surface area contributed by atoms with Gasteiger partial charge in [0.1, 0.15) is 0 Å². The second-order valence-electron chi connectivity index (χ2n) is 3.63. The third-order valence-electron chi connectivity index (χ3n) is 2.05. The van der Waals surface area contributed by atoms with Crippen LogP contribution in [0.5, 0.6) is 0 Å². The van der Waals surface area contributed by atoms with Crippen molar-refractivity contribution in [1.82, 2.24) is 0 Å². The Bertz CT molecular complexity index is 266. The number of rotatable bonds is 4. The van der Waals surface area contributed by atoms with Gasteiger partial charge >= 0.3 is 0 Å². The Hall–Kier alpha value is -0.340. The summed E-state index contributed by atoms with van der Waals surface area (Å²) in [6.07, 6.45) is 1.52. The van der Waals surface area contributed by atoms with E-state index in [2.05, 4.69) is 61.0 Å². The van der Waals surface area contributed by atoms with Crippen molar-refractivity contribution in [2.75, 3.05) is 0 Å². The quantitative estimate of drug-likeness (QED) is 0.780. The van der Waals surface area contributed by atoms with Gasteiger partial charge in [0, 0.05) is 4.47 Å². The van der Waals surface area contributed by atoms with Crippen LogP contribution < -0.4 is 0 Å². The van der Waals surface area contributed by atoms with E-state index >= 15 is 0 Å². The predicted octanol–water partition coefficient (Wildman–Crippen LogP) is 4.33. The molecule has 0 aliphatic carbocycles. The van der Waals surface area contributed by atoms with Gasteiger partial charge in [0.05, 0.1) is 12.2 Å². The molecule has 0 saturated carbocycles. The Morgan fingerprint density at radius 1 is 1.21 bits per heavy atom. The highest BCUT2D eigenvalue weighted by molar-refractivity contribution is 9.10. The molecule has 1 rings (SSSR count). The van der Waals surface area contributed by atoms with Crippen molar-refractivity contribution in [1.29, 1.82) is 0 Å². The SMILES string of the molecule is CC[C@@H](OC(C)C)c1ccc(Br)cc1. The lowest BCUT2D eigenvalue weighted by atomic mass is 10.1. The Morgan fingerprint density at radius 2 is 1.79 bits per heavy atom. The molecule has 0 fully saturated rings. The van der Waals surface area contributed by atoms with Gasteiger partial charge in [0.25, 0.3) is 0 Å². The number of benzene rings is 1. The minimum absolute atomic E-state index is 0.225. The molecule has 1 atom stereocenters. The Balaban J connectivity index is 2.73. The smallest absolute Gasteiger partial charge is 0.0825 e. The first kappa shape index (κ1) is 11.7. The summed E-state index contributed by atoms with van der Waals surface area (Å²) in [6.45, 7) is 6.29. The second-order valence-corrected chi connectivity index (χ2v) is 4.55. The lowest BCUT2D eigenvalue weighted by Crippen LogP contribution is -2.09. The second kappa shape index (κ2) is 5.52. The largest absolute Gasteiger partial charge is 0.371 e. The first-order valence-electron chi connectivity index (χ1n) is 5.04. The molecular formula is C12H17BrO. The summed E-state index contributed by atoms with van der Waals surface area (Å²) in [5.74, 6) is 0. The highest BCUT2D eigenvalue weighted by atomic mass is 79.9. The summed E-state index contributed by atoms with van der Waals surface area (Å²) in [4.78, 5) is 0. The molecule has 0 aromatic heterocycles. The van der Waals surface area contributed by atoms with E-state index in [0.717, 1.165) is 10.9 Å². The van der Waals surface area contributed by atoms with Crippen LogP contribution in [0.15, 0.2) is 28.7 Å². The minimum Gasteiger partial charge on any atom is -0.371 e. The van der Waals surface area contributed by atoms with Crippen LogP contribution in [0.2, 0.25) is 0 Å². The third kappa shape index (κ3) is 3.43. The van der Waals surface area contributed by atoms with Crippen molar-refractivity contribution in [3.63, 3.8) is 0 Å². The van der Waals surface area contributed by atoms with Gasteiger partial charge in [-0.3, -0.25) is 0 Å². The fraction of sp³-hybridized carbons (Fsp3) is 0.500. The molecule has 0 amide bonds. The van der Waals surface area contributed by atoms with Crippen LogP contribution in [0.3, 0.4) is 0 Å². The van der Waals surface area contributed by atoms with Crippen molar-refractivity contribution < 1.29 is 4.74 Å². The molecule has 78 valence electrons. The topological polar surface area (TPSA) is 9.23 Å². The van der Waals surface area contributed by atoms with Gasteiger partial charge in [-0.05, 0) is 38.0 Å². The van der Waals surface area contributed by atoms with E-state index in [0.29, 0.717) is 0 Å². The molecule has 0 heterocycles.